The molecule has 1 saturated carbocycles. The van der Waals surface area contributed by atoms with Crippen LogP contribution in [0.4, 0.5) is 26.5 Å². The zero-order chi connectivity index (χ0) is 21.1. The van der Waals surface area contributed by atoms with E-state index < -0.39 is 23.9 Å². The summed E-state index contributed by atoms with van der Waals surface area (Å²) in [6, 6.07) is 7.66. The Morgan fingerprint density at radius 2 is 2.00 bits per heavy atom. The first-order valence-corrected chi connectivity index (χ1v) is 9.34. The van der Waals surface area contributed by atoms with E-state index in [2.05, 4.69) is 20.9 Å². The fraction of sp³-hybridized carbons (Fsp3) is 0.350. The molecule has 1 aromatic carbocycles. The maximum absolute atomic E-state index is 14.7. The molecule has 0 bridgehead atoms. The van der Waals surface area contributed by atoms with Crippen LogP contribution in [0.3, 0.4) is 0 Å². The molecule has 3 rings (SSSR count). The average molecular weight is 401 g/mol. The number of hydrogen-bond acceptors (Lipinski definition) is 5. The number of amides is 2. The van der Waals surface area contributed by atoms with E-state index in [9.17, 15) is 14.0 Å². The first-order valence-electron chi connectivity index (χ1n) is 9.34. The Labute approximate surface area is 167 Å². The van der Waals surface area contributed by atoms with Crippen molar-refractivity contribution < 1.29 is 19.1 Å². The second kappa shape index (κ2) is 8.34. The van der Waals surface area contributed by atoms with Crippen molar-refractivity contribution in [3.05, 3.63) is 47.3 Å². The van der Waals surface area contributed by atoms with E-state index in [1.54, 1.807) is 13.0 Å². The fourth-order valence-electron chi connectivity index (χ4n) is 3.28. The number of carboxylic acid groups (broad SMARTS) is 1. The Bertz CT molecular complexity index is 932. The van der Waals surface area contributed by atoms with Gasteiger partial charge in [-0.15, -0.1) is 0 Å². The van der Waals surface area contributed by atoms with Crippen LogP contribution in [0.25, 0.3) is 0 Å². The molecule has 1 aromatic heterocycles. The number of anilines is 3. The van der Waals surface area contributed by atoms with E-state index in [4.69, 9.17) is 10.8 Å². The molecule has 0 saturated heterocycles. The van der Waals surface area contributed by atoms with Gasteiger partial charge < -0.3 is 26.8 Å². The number of primary amides is 1. The topological polar surface area (TPSA) is 129 Å². The summed E-state index contributed by atoms with van der Waals surface area (Å²) in [5.74, 6) is -1.27. The first-order chi connectivity index (χ1) is 13.7. The normalized spacial score (nSPS) is 15.3. The lowest BCUT2D eigenvalue weighted by atomic mass is 10.0. The van der Waals surface area contributed by atoms with Crippen molar-refractivity contribution in [2.45, 2.75) is 38.8 Å². The number of rotatable bonds is 8. The van der Waals surface area contributed by atoms with Gasteiger partial charge in [-0.05, 0) is 56.4 Å². The summed E-state index contributed by atoms with van der Waals surface area (Å²) < 4.78 is 14.7. The van der Waals surface area contributed by atoms with E-state index in [1.807, 2.05) is 25.1 Å². The van der Waals surface area contributed by atoms with E-state index >= 15 is 0 Å². The van der Waals surface area contributed by atoms with Crippen LogP contribution in [-0.2, 0) is 0 Å². The van der Waals surface area contributed by atoms with E-state index in [1.165, 1.54) is 0 Å². The molecule has 1 heterocycles. The van der Waals surface area contributed by atoms with Gasteiger partial charge in [0.05, 0.1) is 11.6 Å². The molecular formula is C20H24FN5O3. The summed E-state index contributed by atoms with van der Waals surface area (Å²) in [5, 5.41) is 17.4. The Morgan fingerprint density at radius 1 is 1.28 bits per heavy atom. The van der Waals surface area contributed by atoms with Crippen LogP contribution in [0, 0.1) is 18.7 Å². The van der Waals surface area contributed by atoms with Crippen molar-refractivity contribution in [2.24, 2.45) is 11.7 Å². The van der Waals surface area contributed by atoms with Gasteiger partial charge >= 0.3 is 6.09 Å². The fourth-order valence-corrected chi connectivity index (χ4v) is 3.28. The van der Waals surface area contributed by atoms with Crippen LogP contribution in [-0.4, -0.2) is 34.2 Å². The number of benzene rings is 1. The molecule has 0 radical (unpaired) electrons. The summed E-state index contributed by atoms with van der Waals surface area (Å²) in [5.41, 5.74) is 7.00. The van der Waals surface area contributed by atoms with Gasteiger partial charge in [0.2, 0.25) is 0 Å². The highest BCUT2D eigenvalue weighted by molar-refractivity contribution is 5.98. The summed E-state index contributed by atoms with van der Waals surface area (Å²) in [6.07, 6.45) is 0.682. The number of halogens is 1. The van der Waals surface area contributed by atoms with Gasteiger partial charge in [-0.25, -0.2) is 14.2 Å². The monoisotopic (exact) mass is 401 g/mol. The molecule has 9 heteroatoms. The minimum absolute atomic E-state index is 0.0684. The Balaban J connectivity index is 1.92. The lowest BCUT2D eigenvalue weighted by molar-refractivity contribution is 0.100. The maximum Gasteiger partial charge on any atom is 0.404 e. The van der Waals surface area contributed by atoms with E-state index in [0.717, 1.165) is 24.5 Å². The number of carbonyl (C=O) groups is 2. The zero-order valence-electron chi connectivity index (χ0n) is 16.2. The van der Waals surface area contributed by atoms with Crippen LogP contribution in [0.15, 0.2) is 30.3 Å². The molecule has 8 nitrogen and oxygen atoms in total. The van der Waals surface area contributed by atoms with Crippen molar-refractivity contribution in [2.75, 3.05) is 10.6 Å². The number of aryl methyl sites for hydroxylation is 1. The summed E-state index contributed by atoms with van der Waals surface area (Å²) in [7, 11) is 0. The lowest BCUT2D eigenvalue weighted by Crippen LogP contribution is -2.45. The summed E-state index contributed by atoms with van der Waals surface area (Å²) >= 11 is 0. The van der Waals surface area contributed by atoms with Crippen molar-refractivity contribution in [1.82, 2.24) is 10.3 Å². The van der Waals surface area contributed by atoms with Crippen molar-refractivity contribution in [3.8, 4) is 0 Å². The van der Waals surface area contributed by atoms with Crippen LogP contribution in [0.1, 0.15) is 35.7 Å². The average Bonchev–Trinajstić information content (AvgIpc) is 3.45. The number of nitrogens with one attached hydrogen (secondary N) is 3. The molecule has 0 spiro atoms. The molecule has 0 unspecified atom stereocenters. The second-order valence-corrected chi connectivity index (χ2v) is 7.32. The Hall–Kier alpha value is -3.36. The molecule has 1 fully saturated rings. The minimum atomic E-state index is -1.15. The molecule has 1 aliphatic rings. The molecule has 2 aromatic rings. The number of carbonyl (C=O) groups excluding carboxylic acids is 1. The Morgan fingerprint density at radius 3 is 2.59 bits per heavy atom. The largest absolute Gasteiger partial charge is 0.465 e. The van der Waals surface area contributed by atoms with Gasteiger partial charge in [-0.1, -0.05) is 12.1 Å². The van der Waals surface area contributed by atoms with E-state index in [0.29, 0.717) is 5.69 Å². The molecule has 29 heavy (non-hydrogen) atoms. The highest BCUT2D eigenvalue weighted by Gasteiger charge is 2.36. The van der Waals surface area contributed by atoms with Gasteiger partial charge in [0.25, 0.3) is 5.91 Å². The van der Waals surface area contributed by atoms with Gasteiger partial charge in [-0.3, -0.25) is 4.79 Å². The molecule has 0 aliphatic heterocycles. The predicted octanol–water partition coefficient (Wildman–Crippen LogP) is 3.22. The Kier molecular flexibility index (Phi) is 5.86. The number of hydrogen-bond donors (Lipinski definition) is 5. The van der Waals surface area contributed by atoms with Crippen LogP contribution in [0.2, 0.25) is 0 Å². The lowest BCUT2D eigenvalue weighted by Gasteiger charge is -2.26. The highest BCUT2D eigenvalue weighted by atomic mass is 19.1. The third-order valence-electron chi connectivity index (χ3n) is 4.85. The first kappa shape index (κ1) is 20.4. The third kappa shape index (κ3) is 5.13. The number of nitrogens with two attached hydrogens (primary N) is 1. The molecule has 1 aliphatic carbocycles. The zero-order valence-corrected chi connectivity index (χ0v) is 16.2. The van der Waals surface area contributed by atoms with Gasteiger partial charge in [-0.2, -0.15) is 0 Å². The van der Waals surface area contributed by atoms with Gasteiger partial charge in [0, 0.05) is 11.7 Å². The van der Waals surface area contributed by atoms with Crippen LogP contribution < -0.4 is 21.7 Å². The third-order valence-corrected chi connectivity index (χ3v) is 4.85. The van der Waals surface area contributed by atoms with Crippen molar-refractivity contribution in [1.29, 1.82) is 0 Å². The highest BCUT2D eigenvalue weighted by Crippen LogP contribution is 2.36. The summed E-state index contributed by atoms with van der Waals surface area (Å²) in [4.78, 5) is 27.0. The second-order valence-electron chi connectivity index (χ2n) is 7.32. The molecule has 2 atom stereocenters. The number of aromatic nitrogens is 1. The van der Waals surface area contributed by atoms with Gasteiger partial charge in [0.1, 0.15) is 5.82 Å². The maximum atomic E-state index is 14.7. The van der Waals surface area contributed by atoms with Gasteiger partial charge in [0.15, 0.2) is 11.6 Å². The smallest absolute Gasteiger partial charge is 0.404 e. The molecule has 6 N–H and O–H groups in total. The van der Waals surface area contributed by atoms with Crippen LogP contribution in [0.5, 0.6) is 0 Å². The predicted molar refractivity (Wildman–Crippen MR) is 108 cm³/mol. The summed E-state index contributed by atoms with van der Waals surface area (Å²) in [6.45, 7) is 3.63. The van der Waals surface area contributed by atoms with Crippen molar-refractivity contribution in [3.63, 3.8) is 0 Å². The number of nitrogens with zero attached hydrogens (tertiary/aromatic N) is 1. The van der Waals surface area contributed by atoms with E-state index in [-0.39, 0.29) is 29.2 Å². The molecule has 2 amide bonds. The standard InChI is InChI=1S/C20H24FN5O3/c1-10-4-3-5-13(8-10)24-18-14(17(22)27)9-15(21)19(26-18)25-16(12-6-7-12)11(2)23-20(28)29/h3-5,8-9,11-12,16,23H,6-7H2,1-2H3,(H2,22,27)(H,28,29)(H2,24,25,26)/t11-,16-/m0/s1. The number of pyridine rings is 1. The van der Waals surface area contributed by atoms with Crippen molar-refractivity contribution >= 4 is 29.3 Å². The quantitative estimate of drug-likeness (QED) is 0.462. The molecule has 154 valence electrons. The minimum Gasteiger partial charge on any atom is -0.465 e. The SMILES string of the molecule is Cc1cccc(Nc2nc(N[C@H](C3CC3)[C@H](C)NC(=O)O)c(F)cc2C(N)=O)c1. The molecular weight excluding hydrogens is 377 g/mol. The van der Waals surface area contributed by atoms with Crippen LogP contribution >= 0.6 is 0 Å².